The minimum atomic E-state index is -0.513. The summed E-state index contributed by atoms with van der Waals surface area (Å²) < 4.78 is 32.2. The van der Waals surface area contributed by atoms with E-state index in [2.05, 4.69) is 17.2 Å². The van der Waals surface area contributed by atoms with Gasteiger partial charge in [-0.15, -0.1) is 0 Å². The Labute approximate surface area is 178 Å². The summed E-state index contributed by atoms with van der Waals surface area (Å²) in [5.41, 5.74) is 1.63. The molecule has 1 amide bonds. The second-order valence-electron chi connectivity index (χ2n) is 8.39. The maximum atomic E-state index is 13.7. The molecule has 4 heterocycles. The van der Waals surface area contributed by atoms with E-state index in [1.807, 2.05) is 13.1 Å². The molecule has 0 radical (unpaired) electrons. The molecule has 162 valence electrons. The number of benzene rings is 1. The molecule has 1 N–H and O–H groups in total. The normalized spacial score (nSPS) is 24.1. The van der Waals surface area contributed by atoms with Gasteiger partial charge in [0.15, 0.2) is 0 Å². The molecule has 2 aliphatic heterocycles. The Kier molecular flexibility index (Phi) is 4.40. The molecular formula is C22H23FN4O4. The zero-order valence-corrected chi connectivity index (χ0v) is 17.6. The van der Waals surface area contributed by atoms with Crippen LogP contribution < -0.4 is 14.8 Å². The van der Waals surface area contributed by atoms with Crippen LogP contribution in [-0.2, 0) is 10.2 Å². The summed E-state index contributed by atoms with van der Waals surface area (Å²) in [7, 11) is 1.45. The van der Waals surface area contributed by atoms with Gasteiger partial charge in [-0.2, -0.15) is 0 Å². The fraction of sp³-hybridized carbons (Fsp3) is 0.409. The Balaban J connectivity index is 1.51. The maximum absolute atomic E-state index is 13.7. The summed E-state index contributed by atoms with van der Waals surface area (Å²) in [5.74, 6) is -0.385. The quantitative estimate of drug-likeness (QED) is 0.651. The van der Waals surface area contributed by atoms with Gasteiger partial charge in [0.2, 0.25) is 5.65 Å². The Morgan fingerprint density at radius 3 is 2.81 bits per heavy atom. The summed E-state index contributed by atoms with van der Waals surface area (Å²) in [6, 6.07) is 3.90. The number of carbonyl (C=O) groups is 1. The predicted octanol–water partition coefficient (Wildman–Crippen LogP) is 3.35. The standard InChI is InChI=1S/C22H23FN4O4/c1-4-30-20-18-26-17(22-10-21(2,11-22)31-12-22)9-27(18)8-15(25-20)19(28)24-14-7-13(23)5-6-16(14)29-3/h5-9H,4,10-12H2,1-3H3,(H,24,28). The summed E-state index contributed by atoms with van der Waals surface area (Å²) in [6.45, 7) is 4.97. The highest BCUT2D eigenvalue weighted by molar-refractivity contribution is 6.03. The number of hydrogen-bond donors (Lipinski definition) is 1. The van der Waals surface area contributed by atoms with Crippen molar-refractivity contribution in [1.29, 1.82) is 0 Å². The third-order valence-corrected chi connectivity index (χ3v) is 6.00. The molecule has 0 unspecified atom stereocenters. The lowest BCUT2D eigenvalue weighted by Gasteiger charge is -2.41. The van der Waals surface area contributed by atoms with Crippen LogP contribution in [0.15, 0.2) is 30.6 Å². The molecule has 1 aliphatic carbocycles. The van der Waals surface area contributed by atoms with Crippen molar-refractivity contribution >= 4 is 17.2 Å². The number of rotatable bonds is 6. The Bertz CT molecular complexity index is 1190. The number of halogens is 1. The van der Waals surface area contributed by atoms with Crippen molar-refractivity contribution < 1.29 is 23.4 Å². The average Bonchev–Trinajstić information content (AvgIpc) is 3.39. The van der Waals surface area contributed by atoms with Crippen LogP contribution in [0.4, 0.5) is 10.1 Å². The first-order chi connectivity index (χ1) is 14.8. The number of methoxy groups -OCH3 is 1. The monoisotopic (exact) mass is 426 g/mol. The second kappa shape index (κ2) is 6.91. The summed E-state index contributed by atoms with van der Waals surface area (Å²) in [4.78, 5) is 22.1. The van der Waals surface area contributed by atoms with E-state index in [-0.39, 0.29) is 28.3 Å². The highest BCUT2D eigenvalue weighted by Gasteiger charge is 2.61. The van der Waals surface area contributed by atoms with E-state index >= 15 is 0 Å². The zero-order valence-electron chi connectivity index (χ0n) is 17.6. The molecule has 31 heavy (non-hydrogen) atoms. The van der Waals surface area contributed by atoms with E-state index in [4.69, 9.17) is 19.2 Å². The molecule has 0 spiro atoms. The topological polar surface area (TPSA) is 87.0 Å². The lowest BCUT2D eigenvalue weighted by atomic mass is 9.62. The largest absolute Gasteiger partial charge is 0.495 e. The zero-order chi connectivity index (χ0) is 21.8. The first kappa shape index (κ1) is 19.7. The van der Waals surface area contributed by atoms with Gasteiger partial charge < -0.3 is 19.5 Å². The molecule has 0 atom stereocenters. The summed E-state index contributed by atoms with van der Waals surface area (Å²) >= 11 is 0. The highest BCUT2D eigenvalue weighted by atomic mass is 19.1. The maximum Gasteiger partial charge on any atom is 0.276 e. The highest BCUT2D eigenvalue weighted by Crippen LogP contribution is 2.58. The van der Waals surface area contributed by atoms with Crippen LogP contribution in [0, 0.1) is 5.82 Å². The van der Waals surface area contributed by atoms with Crippen LogP contribution in [0.2, 0.25) is 0 Å². The minimum absolute atomic E-state index is 0.0636. The summed E-state index contributed by atoms with van der Waals surface area (Å²) in [5, 5.41) is 2.66. The Morgan fingerprint density at radius 1 is 1.32 bits per heavy atom. The number of hydrogen-bond acceptors (Lipinski definition) is 6. The van der Waals surface area contributed by atoms with Crippen LogP contribution in [0.25, 0.3) is 5.65 Å². The molecule has 2 bridgehead atoms. The molecular weight excluding hydrogens is 403 g/mol. The number of fused-ring (bicyclic) bond motifs is 2. The molecule has 2 aromatic heterocycles. The van der Waals surface area contributed by atoms with Crippen LogP contribution in [0.3, 0.4) is 0 Å². The third kappa shape index (κ3) is 3.20. The van der Waals surface area contributed by atoms with Crippen molar-refractivity contribution in [3.05, 3.63) is 47.8 Å². The number of nitrogens with one attached hydrogen (secondary N) is 1. The summed E-state index contributed by atoms with van der Waals surface area (Å²) in [6.07, 6.45) is 5.36. The van der Waals surface area contributed by atoms with Gasteiger partial charge in [0.1, 0.15) is 17.3 Å². The van der Waals surface area contributed by atoms with Crippen molar-refractivity contribution in [2.45, 2.75) is 37.7 Å². The molecule has 8 nitrogen and oxygen atoms in total. The number of imidazole rings is 1. The minimum Gasteiger partial charge on any atom is -0.495 e. The van der Waals surface area contributed by atoms with Gasteiger partial charge in [-0.3, -0.25) is 9.20 Å². The first-order valence-electron chi connectivity index (χ1n) is 10.2. The van der Waals surface area contributed by atoms with Crippen LogP contribution in [0.5, 0.6) is 11.6 Å². The molecule has 1 aromatic carbocycles. The molecule has 2 saturated heterocycles. The lowest BCUT2D eigenvalue weighted by molar-refractivity contribution is 0.0154. The van der Waals surface area contributed by atoms with Crippen molar-refractivity contribution in [3.63, 3.8) is 0 Å². The number of anilines is 1. The molecule has 1 saturated carbocycles. The Morgan fingerprint density at radius 2 is 2.13 bits per heavy atom. The van der Waals surface area contributed by atoms with E-state index in [1.54, 1.807) is 10.6 Å². The van der Waals surface area contributed by atoms with Crippen molar-refractivity contribution in [2.24, 2.45) is 0 Å². The van der Waals surface area contributed by atoms with E-state index in [0.29, 0.717) is 24.6 Å². The van der Waals surface area contributed by atoms with Gasteiger partial charge in [0.05, 0.1) is 37.3 Å². The number of aromatic nitrogens is 3. The number of nitrogens with zero attached hydrogens (tertiary/aromatic N) is 3. The fourth-order valence-corrected chi connectivity index (χ4v) is 4.68. The van der Waals surface area contributed by atoms with Crippen LogP contribution >= 0.6 is 0 Å². The van der Waals surface area contributed by atoms with E-state index in [9.17, 15) is 9.18 Å². The molecule has 9 heteroatoms. The molecule has 3 aliphatic rings. The van der Waals surface area contributed by atoms with Gasteiger partial charge in [-0.05, 0) is 38.8 Å². The molecule has 3 fully saturated rings. The van der Waals surface area contributed by atoms with Crippen molar-refractivity contribution in [1.82, 2.24) is 14.4 Å². The third-order valence-electron chi connectivity index (χ3n) is 6.00. The van der Waals surface area contributed by atoms with Crippen LogP contribution in [0.1, 0.15) is 42.9 Å². The SMILES string of the molecule is CCOc1nc(C(=O)Nc2cc(F)ccc2OC)cn2cc(C34COC(C)(C3)C4)nc12. The van der Waals surface area contributed by atoms with E-state index in [1.165, 1.54) is 25.3 Å². The number of carbonyl (C=O) groups excluding carboxylic acids is 1. The number of ether oxygens (including phenoxy) is 3. The predicted molar refractivity (Wildman–Crippen MR) is 110 cm³/mol. The van der Waals surface area contributed by atoms with Gasteiger partial charge in [-0.1, -0.05) is 0 Å². The first-order valence-corrected chi connectivity index (χ1v) is 10.2. The lowest BCUT2D eigenvalue weighted by Crippen LogP contribution is -2.45. The molecule has 3 aromatic rings. The van der Waals surface area contributed by atoms with Crippen LogP contribution in [-0.4, -0.2) is 46.2 Å². The number of amides is 1. The van der Waals surface area contributed by atoms with Gasteiger partial charge in [-0.25, -0.2) is 14.4 Å². The van der Waals surface area contributed by atoms with E-state index < -0.39 is 11.7 Å². The van der Waals surface area contributed by atoms with E-state index in [0.717, 1.165) is 18.5 Å². The van der Waals surface area contributed by atoms with Gasteiger partial charge >= 0.3 is 0 Å². The fourth-order valence-electron chi connectivity index (χ4n) is 4.68. The molecule has 6 rings (SSSR count). The Hall–Kier alpha value is -3.20. The smallest absolute Gasteiger partial charge is 0.276 e. The average molecular weight is 426 g/mol. The van der Waals surface area contributed by atoms with Crippen molar-refractivity contribution in [2.75, 3.05) is 25.6 Å². The van der Waals surface area contributed by atoms with Gasteiger partial charge in [0, 0.05) is 23.9 Å². The second-order valence-corrected chi connectivity index (χ2v) is 8.39. The van der Waals surface area contributed by atoms with Crippen molar-refractivity contribution in [3.8, 4) is 11.6 Å². The van der Waals surface area contributed by atoms with Gasteiger partial charge in [0.25, 0.3) is 11.8 Å².